The monoisotopic (exact) mass is 290 g/mol. The Hall–Kier alpha value is -1.88. The normalized spacial score (nSPS) is 17.2. The van der Waals surface area contributed by atoms with Gasteiger partial charge in [-0.25, -0.2) is 0 Å². The Labute approximate surface area is 124 Å². The van der Waals surface area contributed by atoms with Crippen molar-refractivity contribution in [1.82, 2.24) is 5.32 Å². The molecule has 0 aromatic heterocycles. The van der Waals surface area contributed by atoms with E-state index in [-0.39, 0.29) is 17.7 Å². The van der Waals surface area contributed by atoms with Gasteiger partial charge in [-0.3, -0.25) is 9.59 Å². The lowest BCUT2D eigenvalue weighted by molar-refractivity contribution is -0.137. The lowest BCUT2D eigenvalue weighted by atomic mass is 9.80. The van der Waals surface area contributed by atoms with Crippen molar-refractivity contribution in [2.45, 2.75) is 32.6 Å². The zero-order valence-electron chi connectivity index (χ0n) is 12.3. The third-order valence-electron chi connectivity index (χ3n) is 4.09. The molecule has 0 atom stereocenters. The fourth-order valence-electron chi connectivity index (χ4n) is 2.49. The van der Waals surface area contributed by atoms with E-state index in [9.17, 15) is 9.59 Å². The molecule has 0 saturated carbocycles. The molecule has 21 heavy (non-hydrogen) atoms. The second-order valence-electron chi connectivity index (χ2n) is 5.86. The molecule has 2 rings (SSSR count). The van der Waals surface area contributed by atoms with Gasteiger partial charge in [0.25, 0.3) is 0 Å². The molecule has 1 heterocycles. The van der Waals surface area contributed by atoms with Crippen LogP contribution in [0.4, 0.5) is 5.69 Å². The first kappa shape index (κ1) is 15.5. The van der Waals surface area contributed by atoms with E-state index < -0.39 is 5.97 Å². The first-order chi connectivity index (χ1) is 9.99. The summed E-state index contributed by atoms with van der Waals surface area (Å²) in [7, 11) is 0. The van der Waals surface area contributed by atoms with E-state index in [1.54, 1.807) is 0 Å². The summed E-state index contributed by atoms with van der Waals surface area (Å²) in [5, 5.41) is 14.9. The lowest BCUT2D eigenvalue weighted by Gasteiger charge is -2.32. The van der Waals surface area contributed by atoms with Crippen LogP contribution in [-0.2, 0) is 16.0 Å². The molecule has 1 amide bonds. The van der Waals surface area contributed by atoms with Crippen molar-refractivity contribution < 1.29 is 14.7 Å². The smallest absolute Gasteiger partial charge is 0.303 e. The standard InChI is InChI=1S/C16H22N2O3/c1-16(8-10-17-11-9-16)15(21)18-13-5-2-12(3-6-13)4-7-14(19)20/h2-3,5-6,17H,4,7-11H2,1H3,(H,18,21)(H,19,20). The maximum Gasteiger partial charge on any atom is 0.303 e. The minimum Gasteiger partial charge on any atom is -0.481 e. The average Bonchev–Trinajstić information content (AvgIpc) is 2.47. The van der Waals surface area contributed by atoms with Crippen LogP contribution in [0.3, 0.4) is 0 Å². The van der Waals surface area contributed by atoms with E-state index in [4.69, 9.17) is 5.11 Å². The second kappa shape index (κ2) is 6.72. The number of carboxylic acids is 1. The molecular formula is C16H22N2O3. The molecule has 3 N–H and O–H groups in total. The first-order valence-electron chi connectivity index (χ1n) is 7.32. The van der Waals surface area contributed by atoms with Crippen LogP contribution in [0.1, 0.15) is 31.7 Å². The van der Waals surface area contributed by atoms with Gasteiger partial charge < -0.3 is 15.7 Å². The molecule has 1 saturated heterocycles. The third-order valence-corrected chi connectivity index (χ3v) is 4.09. The SMILES string of the molecule is CC1(C(=O)Nc2ccc(CCC(=O)O)cc2)CCNCC1. The van der Waals surface area contributed by atoms with Crippen LogP contribution in [0.25, 0.3) is 0 Å². The molecule has 1 aliphatic heterocycles. The van der Waals surface area contributed by atoms with Crippen molar-refractivity contribution in [3.05, 3.63) is 29.8 Å². The molecule has 5 nitrogen and oxygen atoms in total. The van der Waals surface area contributed by atoms with Crippen molar-refractivity contribution in [2.75, 3.05) is 18.4 Å². The van der Waals surface area contributed by atoms with Crippen LogP contribution in [0, 0.1) is 5.41 Å². The number of nitrogens with one attached hydrogen (secondary N) is 2. The number of rotatable bonds is 5. The minimum atomic E-state index is -0.800. The summed E-state index contributed by atoms with van der Waals surface area (Å²) < 4.78 is 0. The van der Waals surface area contributed by atoms with Crippen LogP contribution in [0.2, 0.25) is 0 Å². The molecule has 1 aliphatic rings. The second-order valence-corrected chi connectivity index (χ2v) is 5.86. The highest BCUT2D eigenvalue weighted by Crippen LogP contribution is 2.29. The van der Waals surface area contributed by atoms with Gasteiger partial charge in [0, 0.05) is 17.5 Å². The Bertz CT molecular complexity index is 505. The van der Waals surface area contributed by atoms with Gasteiger partial charge in [-0.1, -0.05) is 19.1 Å². The number of piperidine rings is 1. The molecule has 0 spiro atoms. The molecule has 0 bridgehead atoms. The molecule has 114 valence electrons. The van der Waals surface area contributed by atoms with E-state index in [0.29, 0.717) is 6.42 Å². The predicted molar refractivity (Wildman–Crippen MR) is 81.2 cm³/mol. The van der Waals surface area contributed by atoms with Gasteiger partial charge in [0.15, 0.2) is 0 Å². The van der Waals surface area contributed by atoms with E-state index in [0.717, 1.165) is 37.2 Å². The molecule has 1 aromatic carbocycles. The maximum atomic E-state index is 12.4. The Morgan fingerprint density at radius 1 is 1.24 bits per heavy atom. The van der Waals surface area contributed by atoms with Gasteiger partial charge in [-0.2, -0.15) is 0 Å². The molecule has 1 fully saturated rings. The summed E-state index contributed by atoms with van der Waals surface area (Å²) in [4.78, 5) is 22.9. The van der Waals surface area contributed by atoms with E-state index >= 15 is 0 Å². The summed E-state index contributed by atoms with van der Waals surface area (Å²) in [5.74, 6) is -0.742. The van der Waals surface area contributed by atoms with E-state index in [2.05, 4.69) is 10.6 Å². The first-order valence-corrected chi connectivity index (χ1v) is 7.32. The fourth-order valence-corrected chi connectivity index (χ4v) is 2.49. The summed E-state index contributed by atoms with van der Waals surface area (Å²) in [5.41, 5.74) is 1.41. The molecular weight excluding hydrogens is 268 g/mol. The number of carbonyl (C=O) groups is 2. The third kappa shape index (κ3) is 4.29. The zero-order chi connectivity index (χ0) is 15.3. The average molecular weight is 290 g/mol. The Balaban J connectivity index is 1.93. The quantitative estimate of drug-likeness (QED) is 0.775. The van der Waals surface area contributed by atoms with Crippen LogP contribution in [0.15, 0.2) is 24.3 Å². The number of hydrogen-bond donors (Lipinski definition) is 3. The summed E-state index contributed by atoms with van der Waals surface area (Å²) in [6, 6.07) is 7.39. The van der Waals surface area contributed by atoms with Crippen LogP contribution in [0.5, 0.6) is 0 Å². The van der Waals surface area contributed by atoms with Crippen LogP contribution >= 0.6 is 0 Å². The number of aryl methyl sites for hydroxylation is 1. The van der Waals surface area contributed by atoms with Crippen molar-refractivity contribution in [2.24, 2.45) is 5.41 Å². The molecule has 5 heteroatoms. The van der Waals surface area contributed by atoms with Crippen molar-refractivity contribution in [1.29, 1.82) is 0 Å². The van der Waals surface area contributed by atoms with Crippen molar-refractivity contribution >= 4 is 17.6 Å². The van der Waals surface area contributed by atoms with E-state index in [1.165, 1.54) is 0 Å². The summed E-state index contributed by atoms with van der Waals surface area (Å²) in [6.45, 7) is 3.75. The minimum absolute atomic E-state index is 0.0577. The Morgan fingerprint density at radius 3 is 2.43 bits per heavy atom. The fraction of sp³-hybridized carbons (Fsp3) is 0.500. The molecule has 1 aromatic rings. The molecule has 0 unspecified atom stereocenters. The highest BCUT2D eigenvalue weighted by molar-refractivity contribution is 5.95. The highest BCUT2D eigenvalue weighted by atomic mass is 16.4. The predicted octanol–water partition coefficient (Wildman–Crippen LogP) is 2.03. The van der Waals surface area contributed by atoms with Gasteiger partial charge in [0.05, 0.1) is 0 Å². The number of anilines is 1. The zero-order valence-corrected chi connectivity index (χ0v) is 12.3. The number of carboxylic acid groups (broad SMARTS) is 1. The van der Waals surface area contributed by atoms with Gasteiger partial charge in [0.2, 0.25) is 5.91 Å². The molecule has 0 aliphatic carbocycles. The van der Waals surface area contributed by atoms with Crippen molar-refractivity contribution in [3.63, 3.8) is 0 Å². The number of benzene rings is 1. The van der Waals surface area contributed by atoms with Gasteiger partial charge in [-0.05, 0) is 50.0 Å². The van der Waals surface area contributed by atoms with Gasteiger partial charge >= 0.3 is 5.97 Å². The highest BCUT2D eigenvalue weighted by Gasteiger charge is 2.34. The summed E-state index contributed by atoms with van der Waals surface area (Å²) >= 11 is 0. The largest absolute Gasteiger partial charge is 0.481 e. The number of aliphatic carboxylic acids is 1. The van der Waals surface area contributed by atoms with E-state index in [1.807, 2.05) is 31.2 Å². The van der Waals surface area contributed by atoms with Gasteiger partial charge in [-0.15, -0.1) is 0 Å². The maximum absolute atomic E-state index is 12.4. The van der Waals surface area contributed by atoms with Crippen LogP contribution in [-0.4, -0.2) is 30.1 Å². The number of amides is 1. The Morgan fingerprint density at radius 2 is 1.86 bits per heavy atom. The van der Waals surface area contributed by atoms with Crippen molar-refractivity contribution in [3.8, 4) is 0 Å². The summed E-state index contributed by atoms with van der Waals surface area (Å²) in [6.07, 6.45) is 2.31. The Kier molecular flexibility index (Phi) is 4.96. The topological polar surface area (TPSA) is 78.4 Å². The lowest BCUT2D eigenvalue weighted by Crippen LogP contribution is -2.42. The van der Waals surface area contributed by atoms with Crippen LogP contribution < -0.4 is 10.6 Å². The van der Waals surface area contributed by atoms with Gasteiger partial charge in [0.1, 0.15) is 0 Å². The number of carbonyl (C=O) groups excluding carboxylic acids is 1. The molecule has 0 radical (unpaired) electrons. The number of hydrogen-bond acceptors (Lipinski definition) is 3.